The summed E-state index contributed by atoms with van der Waals surface area (Å²) < 4.78 is 15.9. The van der Waals surface area contributed by atoms with Crippen LogP contribution in [0.15, 0.2) is 0 Å². The zero-order chi connectivity index (χ0) is 20.7. The van der Waals surface area contributed by atoms with Gasteiger partial charge in [0.15, 0.2) is 0 Å². The number of carbonyl (C=O) groups is 2. The minimum absolute atomic E-state index is 0.0928. The highest BCUT2D eigenvalue weighted by Gasteiger charge is 2.04. The zero-order valence-corrected chi connectivity index (χ0v) is 17.9. The predicted molar refractivity (Wildman–Crippen MR) is 111 cm³/mol. The van der Waals surface area contributed by atoms with Gasteiger partial charge in [-0.1, -0.05) is 64.7 Å². The van der Waals surface area contributed by atoms with Gasteiger partial charge < -0.3 is 19.3 Å². The van der Waals surface area contributed by atoms with E-state index in [2.05, 4.69) is 6.92 Å². The average Bonchev–Trinajstić information content (AvgIpc) is 2.67. The lowest BCUT2D eigenvalue weighted by Gasteiger charge is -2.07. The summed E-state index contributed by atoms with van der Waals surface area (Å²) in [7, 11) is 0. The number of carbonyl (C=O) groups excluding carboxylic acids is 1. The Bertz CT molecular complexity index is 359. The van der Waals surface area contributed by atoms with Crippen molar-refractivity contribution < 1.29 is 28.9 Å². The van der Waals surface area contributed by atoms with Crippen LogP contribution in [0.2, 0.25) is 0 Å². The Kier molecular flexibility index (Phi) is 21.3. The van der Waals surface area contributed by atoms with Crippen molar-refractivity contribution in [3.05, 3.63) is 0 Å². The molecule has 0 amide bonds. The lowest BCUT2D eigenvalue weighted by Crippen LogP contribution is -2.13. The maximum atomic E-state index is 11.4. The van der Waals surface area contributed by atoms with E-state index in [-0.39, 0.29) is 25.4 Å². The lowest BCUT2D eigenvalue weighted by molar-refractivity contribution is -0.146. The molecule has 0 saturated heterocycles. The van der Waals surface area contributed by atoms with E-state index in [1.54, 1.807) is 0 Å². The van der Waals surface area contributed by atoms with Gasteiger partial charge in [0.2, 0.25) is 0 Å². The number of hydrogen-bond donors (Lipinski definition) is 1. The maximum absolute atomic E-state index is 11.4. The summed E-state index contributed by atoms with van der Waals surface area (Å²) in [6.07, 6.45) is 14.6. The first-order valence-corrected chi connectivity index (χ1v) is 11.2. The van der Waals surface area contributed by atoms with Gasteiger partial charge >= 0.3 is 11.9 Å². The van der Waals surface area contributed by atoms with E-state index in [4.69, 9.17) is 19.3 Å². The van der Waals surface area contributed by atoms with Crippen LogP contribution in [0.5, 0.6) is 0 Å². The second-order valence-corrected chi connectivity index (χ2v) is 7.23. The standard InChI is InChI=1S/C22H42O6/c1-2-3-4-5-6-7-8-9-10-13-16-26-17-18-27-19-20-28-22(25)15-12-11-14-21(23)24/h2-20H2,1H3,(H,23,24). The predicted octanol–water partition coefficient (Wildman–Crippen LogP) is 5.13. The topological polar surface area (TPSA) is 82.1 Å². The average molecular weight is 403 g/mol. The Balaban J connectivity index is 3.11. The molecule has 0 saturated carbocycles. The third kappa shape index (κ3) is 22.9. The van der Waals surface area contributed by atoms with Crippen LogP contribution >= 0.6 is 0 Å². The molecular formula is C22H42O6. The quantitative estimate of drug-likeness (QED) is 0.200. The fraction of sp³-hybridized carbons (Fsp3) is 0.909. The van der Waals surface area contributed by atoms with Crippen LogP contribution in [-0.2, 0) is 23.8 Å². The van der Waals surface area contributed by atoms with Crippen molar-refractivity contribution in [1.29, 1.82) is 0 Å². The van der Waals surface area contributed by atoms with E-state index < -0.39 is 5.97 Å². The van der Waals surface area contributed by atoms with Gasteiger partial charge in [-0.3, -0.25) is 9.59 Å². The Labute approximate surface area is 171 Å². The molecule has 0 fully saturated rings. The molecule has 0 unspecified atom stereocenters. The Hall–Kier alpha value is -1.14. The normalized spacial score (nSPS) is 10.9. The highest BCUT2D eigenvalue weighted by molar-refractivity contribution is 5.69. The van der Waals surface area contributed by atoms with Crippen LogP contribution in [0.3, 0.4) is 0 Å². The van der Waals surface area contributed by atoms with Crippen molar-refractivity contribution in [3.63, 3.8) is 0 Å². The second kappa shape index (κ2) is 22.2. The van der Waals surface area contributed by atoms with Crippen molar-refractivity contribution in [1.82, 2.24) is 0 Å². The first kappa shape index (κ1) is 26.9. The lowest BCUT2D eigenvalue weighted by atomic mass is 10.1. The van der Waals surface area contributed by atoms with Gasteiger partial charge in [0.1, 0.15) is 6.61 Å². The summed E-state index contributed by atoms with van der Waals surface area (Å²) in [5, 5.41) is 8.50. The number of unbranched alkanes of at least 4 members (excludes halogenated alkanes) is 10. The second-order valence-electron chi connectivity index (χ2n) is 7.23. The molecular weight excluding hydrogens is 360 g/mol. The van der Waals surface area contributed by atoms with Crippen LogP contribution in [0.25, 0.3) is 0 Å². The first-order valence-electron chi connectivity index (χ1n) is 11.2. The minimum Gasteiger partial charge on any atom is -0.481 e. The molecule has 1 N–H and O–H groups in total. The van der Waals surface area contributed by atoms with Crippen molar-refractivity contribution in [2.75, 3.05) is 33.0 Å². The highest BCUT2D eigenvalue weighted by Crippen LogP contribution is 2.10. The minimum atomic E-state index is -0.836. The molecule has 0 aromatic rings. The van der Waals surface area contributed by atoms with E-state index in [1.165, 1.54) is 57.8 Å². The van der Waals surface area contributed by atoms with Crippen LogP contribution in [0.1, 0.15) is 96.8 Å². The Morgan fingerprint density at radius 2 is 1.11 bits per heavy atom. The molecule has 0 aliphatic rings. The Morgan fingerprint density at radius 3 is 1.71 bits per heavy atom. The van der Waals surface area contributed by atoms with Crippen LogP contribution in [0.4, 0.5) is 0 Å². The SMILES string of the molecule is CCCCCCCCCCCCOCCOCCOC(=O)CCCCC(=O)O. The molecule has 6 nitrogen and oxygen atoms in total. The fourth-order valence-electron chi connectivity index (χ4n) is 2.85. The van der Waals surface area contributed by atoms with E-state index >= 15 is 0 Å². The van der Waals surface area contributed by atoms with E-state index in [0.717, 1.165) is 13.0 Å². The molecule has 0 aliphatic heterocycles. The number of esters is 1. The molecule has 0 aromatic carbocycles. The van der Waals surface area contributed by atoms with Gasteiger partial charge in [-0.15, -0.1) is 0 Å². The molecule has 0 heterocycles. The number of carboxylic acid groups (broad SMARTS) is 1. The van der Waals surface area contributed by atoms with E-state index in [1.807, 2.05) is 0 Å². The van der Waals surface area contributed by atoms with Crippen molar-refractivity contribution in [3.8, 4) is 0 Å². The molecule has 0 bridgehead atoms. The van der Waals surface area contributed by atoms with Crippen LogP contribution < -0.4 is 0 Å². The summed E-state index contributed by atoms with van der Waals surface area (Å²) >= 11 is 0. The summed E-state index contributed by atoms with van der Waals surface area (Å²) in [4.78, 5) is 21.7. The smallest absolute Gasteiger partial charge is 0.305 e. The van der Waals surface area contributed by atoms with Crippen LogP contribution in [-0.4, -0.2) is 50.1 Å². The number of ether oxygens (including phenoxy) is 3. The van der Waals surface area contributed by atoms with Gasteiger partial charge in [0.05, 0.1) is 19.8 Å². The molecule has 28 heavy (non-hydrogen) atoms. The van der Waals surface area contributed by atoms with Gasteiger partial charge in [-0.05, 0) is 19.3 Å². The summed E-state index contributed by atoms with van der Waals surface area (Å²) in [5.74, 6) is -1.14. The number of aliphatic carboxylic acids is 1. The summed E-state index contributed by atoms with van der Waals surface area (Å²) in [6.45, 7) is 4.71. The van der Waals surface area contributed by atoms with Gasteiger partial charge in [0.25, 0.3) is 0 Å². The summed E-state index contributed by atoms with van der Waals surface area (Å²) in [5.41, 5.74) is 0. The van der Waals surface area contributed by atoms with Gasteiger partial charge in [-0.2, -0.15) is 0 Å². The van der Waals surface area contributed by atoms with Gasteiger partial charge in [0, 0.05) is 19.4 Å². The van der Waals surface area contributed by atoms with E-state index in [0.29, 0.717) is 32.7 Å². The highest BCUT2D eigenvalue weighted by atomic mass is 16.6. The van der Waals surface area contributed by atoms with Crippen molar-refractivity contribution >= 4 is 11.9 Å². The molecule has 0 rings (SSSR count). The number of rotatable bonds is 22. The molecule has 166 valence electrons. The summed E-state index contributed by atoms with van der Waals surface area (Å²) in [6, 6.07) is 0. The van der Waals surface area contributed by atoms with E-state index in [9.17, 15) is 9.59 Å². The van der Waals surface area contributed by atoms with Gasteiger partial charge in [-0.25, -0.2) is 0 Å². The molecule has 0 aliphatic carbocycles. The number of carboxylic acids is 1. The molecule has 0 atom stereocenters. The third-order valence-electron chi connectivity index (χ3n) is 4.53. The van der Waals surface area contributed by atoms with Crippen molar-refractivity contribution in [2.45, 2.75) is 96.8 Å². The maximum Gasteiger partial charge on any atom is 0.305 e. The largest absolute Gasteiger partial charge is 0.481 e. The molecule has 0 radical (unpaired) electrons. The monoisotopic (exact) mass is 402 g/mol. The fourth-order valence-corrected chi connectivity index (χ4v) is 2.85. The number of hydrogen-bond acceptors (Lipinski definition) is 5. The first-order chi connectivity index (χ1) is 13.7. The molecule has 0 aromatic heterocycles. The Morgan fingerprint density at radius 1 is 0.607 bits per heavy atom. The molecule has 6 heteroatoms. The molecule has 0 spiro atoms. The van der Waals surface area contributed by atoms with Crippen molar-refractivity contribution in [2.24, 2.45) is 0 Å². The third-order valence-corrected chi connectivity index (χ3v) is 4.53. The zero-order valence-electron chi connectivity index (χ0n) is 17.9. The van der Waals surface area contributed by atoms with Crippen LogP contribution in [0, 0.1) is 0 Å².